The van der Waals surface area contributed by atoms with E-state index in [0.29, 0.717) is 17.7 Å². The van der Waals surface area contributed by atoms with Crippen molar-refractivity contribution in [3.63, 3.8) is 0 Å². The van der Waals surface area contributed by atoms with Gasteiger partial charge >= 0.3 is 0 Å². The summed E-state index contributed by atoms with van der Waals surface area (Å²) < 4.78 is 41.4. The first-order chi connectivity index (χ1) is 12.4. The van der Waals surface area contributed by atoms with Crippen LogP contribution in [0.3, 0.4) is 0 Å². The van der Waals surface area contributed by atoms with Crippen LogP contribution in [0.2, 0.25) is 0 Å². The smallest absolute Gasteiger partial charge is 0.262 e. The topological polar surface area (TPSA) is 100 Å². The van der Waals surface area contributed by atoms with E-state index >= 15 is 0 Å². The summed E-state index contributed by atoms with van der Waals surface area (Å²) in [6.07, 6.45) is 1.62. The van der Waals surface area contributed by atoms with Gasteiger partial charge in [0.05, 0.1) is 11.5 Å². The molecule has 0 radical (unpaired) electrons. The monoisotopic (exact) mass is 374 g/mol. The van der Waals surface area contributed by atoms with Crippen molar-refractivity contribution in [3.05, 3.63) is 53.5 Å². The minimum absolute atomic E-state index is 0.0305. The first kappa shape index (κ1) is 17.9. The fourth-order valence-electron chi connectivity index (χ4n) is 2.66. The lowest BCUT2D eigenvalue weighted by Crippen LogP contribution is -2.36. The van der Waals surface area contributed by atoms with Gasteiger partial charge in [-0.3, -0.25) is 4.79 Å². The molecule has 1 amide bonds. The van der Waals surface area contributed by atoms with Crippen molar-refractivity contribution < 1.29 is 22.0 Å². The van der Waals surface area contributed by atoms with Crippen molar-refractivity contribution in [1.29, 1.82) is 5.26 Å². The molecule has 0 spiro atoms. The normalized spacial score (nSPS) is 19.1. The molecular formula is C18H15FN2O4S. The first-order valence-corrected chi connectivity index (χ1v) is 9.67. The average molecular weight is 374 g/mol. The molecule has 6 nitrogen and oxygen atoms in total. The molecule has 1 aromatic heterocycles. The Morgan fingerprint density at radius 2 is 2.00 bits per heavy atom. The molecule has 2 heterocycles. The van der Waals surface area contributed by atoms with E-state index in [0.717, 1.165) is 0 Å². The second-order valence-electron chi connectivity index (χ2n) is 5.95. The zero-order chi connectivity index (χ0) is 18.7. The number of benzene rings is 1. The van der Waals surface area contributed by atoms with Crippen LogP contribution in [0.5, 0.6) is 0 Å². The van der Waals surface area contributed by atoms with Crippen LogP contribution in [-0.4, -0.2) is 31.9 Å². The van der Waals surface area contributed by atoms with Gasteiger partial charge in [0.15, 0.2) is 9.84 Å². The lowest BCUT2D eigenvalue weighted by Gasteiger charge is -2.09. The molecule has 26 heavy (non-hydrogen) atoms. The Morgan fingerprint density at radius 1 is 1.27 bits per heavy atom. The van der Waals surface area contributed by atoms with Crippen molar-refractivity contribution in [1.82, 2.24) is 5.32 Å². The lowest BCUT2D eigenvalue weighted by atomic mass is 10.2. The van der Waals surface area contributed by atoms with E-state index in [1.807, 2.05) is 0 Å². The number of amides is 1. The molecule has 1 N–H and O–H groups in total. The maximum Gasteiger partial charge on any atom is 0.262 e. The van der Waals surface area contributed by atoms with E-state index < -0.39 is 21.8 Å². The highest BCUT2D eigenvalue weighted by Gasteiger charge is 2.29. The Kier molecular flexibility index (Phi) is 4.91. The van der Waals surface area contributed by atoms with Crippen LogP contribution in [0, 0.1) is 17.1 Å². The predicted molar refractivity (Wildman–Crippen MR) is 92.9 cm³/mol. The van der Waals surface area contributed by atoms with Gasteiger partial charge in [-0.05, 0) is 42.8 Å². The molecule has 1 fully saturated rings. The number of hydrogen-bond donors (Lipinski definition) is 1. The molecule has 134 valence electrons. The van der Waals surface area contributed by atoms with Crippen LogP contribution >= 0.6 is 0 Å². The molecule has 1 atom stereocenters. The van der Waals surface area contributed by atoms with Gasteiger partial charge in [-0.1, -0.05) is 0 Å². The van der Waals surface area contributed by atoms with Crippen molar-refractivity contribution in [2.75, 3.05) is 11.5 Å². The van der Waals surface area contributed by atoms with Gasteiger partial charge in [-0.15, -0.1) is 0 Å². The van der Waals surface area contributed by atoms with E-state index in [-0.39, 0.29) is 28.7 Å². The Balaban J connectivity index is 1.74. The van der Waals surface area contributed by atoms with Gasteiger partial charge in [0.2, 0.25) is 0 Å². The summed E-state index contributed by atoms with van der Waals surface area (Å²) in [6.45, 7) is 0. The van der Waals surface area contributed by atoms with E-state index in [2.05, 4.69) is 5.32 Å². The second-order valence-corrected chi connectivity index (χ2v) is 8.18. The maximum absolute atomic E-state index is 13.0. The number of carbonyl (C=O) groups excluding carboxylic acids is 1. The largest absolute Gasteiger partial charge is 0.457 e. The zero-order valence-electron chi connectivity index (χ0n) is 13.6. The van der Waals surface area contributed by atoms with Crippen molar-refractivity contribution in [3.8, 4) is 17.4 Å². The third-order valence-electron chi connectivity index (χ3n) is 3.97. The fraction of sp³-hybridized carbons (Fsp3) is 0.222. The first-order valence-electron chi connectivity index (χ1n) is 7.85. The molecule has 1 unspecified atom stereocenters. The molecule has 8 heteroatoms. The van der Waals surface area contributed by atoms with Crippen LogP contribution in [0.15, 0.2) is 46.4 Å². The molecular weight excluding hydrogens is 359 g/mol. The molecule has 1 saturated heterocycles. The summed E-state index contributed by atoms with van der Waals surface area (Å²) in [5.74, 6) is -0.339. The van der Waals surface area contributed by atoms with Gasteiger partial charge in [-0.2, -0.15) is 5.26 Å². The van der Waals surface area contributed by atoms with Crippen LogP contribution in [0.4, 0.5) is 4.39 Å². The lowest BCUT2D eigenvalue weighted by molar-refractivity contribution is -0.117. The number of rotatable bonds is 4. The third kappa shape index (κ3) is 4.18. The van der Waals surface area contributed by atoms with Gasteiger partial charge in [0.1, 0.15) is 29.0 Å². The second kappa shape index (κ2) is 7.14. The predicted octanol–water partition coefficient (Wildman–Crippen LogP) is 2.30. The highest BCUT2D eigenvalue weighted by atomic mass is 32.2. The zero-order valence-corrected chi connectivity index (χ0v) is 14.4. The number of nitrogens with one attached hydrogen (secondary N) is 1. The standard InChI is InChI=1S/C18H15FN2O4S/c19-14-3-1-12(2-4-14)17-6-5-16(25-17)9-13(10-20)18(22)21-15-7-8-26(23,24)11-15/h1-6,9,15H,7-8,11H2,(H,21,22). The SMILES string of the molecule is N#CC(=Cc1ccc(-c2ccc(F)cc2)o1)C(=O)NC1CCS(=O)(=O)C1. The molecule has 0 saturated carbocycles. The Morgan fingerprint density at radius 3 is 2.62 bits per heavy atom. The molecule has 3 rings (SSSR count). The van der Waals surface area contributed by atoms with Gasteiger partial charge in [0.25, 0.3) is 5.91 Å². The molecule has 0 aliphatic carbocycles. The van der Waals surface area contributed by atoms with E-state index in [1.165, 1.54) is 18.2 Å². The Hall–Kier alpha value is -2.92. The van der Waals surface area contributed by atoms with Crippen molar-refractivity contribution in [2.24, 2.45) is 0 Å². The van der Waals surface area contributed by atoms with Gasteiger partial charge in [-0.25, -0.2) is 12.8 Å². The number of nitriles is 1. The molecule has 1 aliphatic heterocycles. The minimum atomic E-state index is -3.13. The minimum Gasteiger partial charge on any atom is -0.457 e. The number of halogens is 1. The molecule has 1 aromatic carbocycles. The van der Waals surface area contributed by atoms with E-state index in [4.69, 9.17) is 4.42 Å². The summed E-state index contributed by atoms with van der Waals surface area (Å²) >= 11 is 0. The number of furan rings is 1. The highest BCUT2D eigenvalue weighted by molar-refractivity contribution is 7.91. The molecule has 1 aliphatic rings. The van der Waals surface area contributed by atoms with Gasteiger partial charge in [0, 0.05) is 17.7 Å². The summed E-state index contributed by atoms with van der Waals surface area (Å²) in [7, 11) is -3.13. The number of sulfone groups is 1. The molecule has 0 bridgehead atoms. The number of carbonyl (C=O) groups is 1. The summed E-state index contributed by atoms with van der Waals surface area (Å²) in [4.78, 5) is 12.2. The van der Waals surface area contributed by atoms with Gasteiger partial charge < -0.3 is 9.73 Å². The van der Waals surface area contributed by atoms with Crippen molar-refractivity contribution >= 4 is 21.8 Å². The maximum atomic E-state index is 13.0. The summed E-state index contributed by atoms with van der Waals surface area (Å²) in [5, 5.41) is 11.8. The third-order valence-corrected chi connectivity index (χ3v) is 5.74. The Labute approximate surface area is 149 Å². The average Bonchev–Trinajstić information content (AvgIpc) is 3.19. The summed E-state index contributed by atoms with van der Waals surface area (Å²) in [6, 6.07) is 10.3. The van der Waals surface area contributed by atoms with Crippen LogP contribution in [0.1, 0.15) is 12.2 Å². The van der Waals surface area contributed by atoms with Crippen molar-refractivity contribution in [2.45, 2.75) is 12.5 Å². The number of nitrogens with zero attached hydrogens (tertiary/aromatic N) is 1. The Bertz CT molecular complexity index is 1000. The molecule has 2 aromatic rings. The summed E-state index contributed by atoms with van der Waals surface area (Å²) in [5.41, 5.74) is 0.472. The number of hydrogen-bond acceptors (Lipinski definition) is 5. The van der Waals surface area contributed by atoms with E-state index in [1.54, 1.807) is 30.3 Å². The highest BCUT2D eigenvalue weighted by Crippen LogP contribution is 2.23. The van der Waals surface area contributed by atoms with Crippen LogP contribution < -0.4 is 5.32 Å². The van der Waals surface area contributed by atoms with Crippen LogP contribution in [-0.2, 0) is 14.6 Å². The quantitative estimate of drug-likeness (QED) is 0.654. The van der Waals surface area contributed by atoms with E-state index in [9.17, 15) is 22.9 Å². The fourth-order valence-corrected chi connectivity index (χ4v) is 4.34. The van der Waals surface area contributed by atoms with Crippen LogP contribution in [0.25, 0.3) is 17.4 Å².